The molecule has 10 heavy (non-hydrogen) atoms. The molecule has 0 aliphatic rings. The SMILES string of the molecule is CC(CC(=O)[O-])[N+](C)(C)C. The molecule has 0 amide bonds. The van der Waals surface area contributed by atoms with Crippen molar-refractivity contribution in [2.75, 3.05) is 21.1 Å². The molecular formula is C7H15NO2. The second-order valence-electron chi connectivity index (χ2n) is 3.54. The third-order valence-corrected chi connectivity index (χ3v) is 1.78. The summed E-state index contributed by atoms with van der Waals surface area (Å²) in [5.74, 6) is -0.972. The Balaban J connectivity index is 3.85. The molecule has 0 aromatic heterocycles. The number of carbonyl (C=O) groups is 1. The van der Waals surface area contributed by atoms with E-state index in [0.29, 0.717) is 4.48 Å². The fourth-order valence-corrected chi connectivity index (χ4v) is 0.515. The zero-order chi connectivity index (χ0) is 8.36. The van der Waals surface area contributed by atoms with Gasteiger partial charge in [0.2, 0.25) is 0 Å². The van der Waals surface area contributed by atoms with Gasteiger partial charge in [-0.2, -0.15) is 0 Å². The summed E-state index contributed by atoms with van der Waals surface area (Å²) in [6.45, 7) is 1.90. The van der Waals surface area contributed by atoms with Gasteiger partial charge in [0.25, 0.3) is 0 Å². The Morgan fingerprint density at radius 3 is 2.00 bits per heavy atom. The molecule has 1 atom stereocenters. The average molecular weight is 145 g/mol. The van der Waals surface area contributed by atoms with Crippen molar-refractivity contribution in [2.24, 2.45) is 0 Å². The summed E-state index contributed by atoms with van der Waals surface area (Å²) < 4.78 is 0.661. The van der Waals surface area contributed by atoms with E-state index in [-0.39, 0.29) is 12.5 Å². The van der Waals surface area contributed by atoms with Gasteiger partial charge in [-0.15, -0.1) is 0 Å². The van der Waals surface area contributed by atoms with Gasteiger partial charge < -0.3 is 14.4 Å². The Hall–Kier alpha value is -0.570. The van der Waals surface area contributed by atoms with Crippen molar-refractivity contribution < 1.29 is 14.4 Å². The van der Waals surface area contributed by atoms with Gasteiger partial charge in [-0.05, 0) is 6.92 Å². The van der Waals surface area contributed by atoms with Crippen LogP contribution in [0.3, 0.4) is 0 Å². The predicted octanol–water partition coefficient (Wildman–Crippen LogP) is -0.779. The van der Waals surface area contributed by atoms with Crippen LogP contribution in [0.25, 0.3) is 0 Å². The van der Waals surface area contributed by atoms with Crippen LogP contribution in [0.2, 0.25) is 0 Å². The van der Waals surface area contributed by atoms with Gasteiger partial charge in [0.15, 0.2) is 0 Å². The van der Waals surface area contributed by atoms with E-state index in [9.17, 15) is 9.90 Å². The molecule has 3 nitrogen and oxygen atoms in total. The Kier molecular flexibility index (Phi) is 2.84. The van der Waals surface area contributed by atoms with Gasteiger partial charge in [0.05, 0.1) is 27.2 Å². The van der Waals surface area contributed by atoms with E-state index >= 15 is 0 Å². The largest absolute Gasteiger partial charge is 0.550 e. The van der Waals surface area contributed by atoms with Gasteiger partial charge in [-0.25, -0.2) is 0 Å². The third-order valence-electron chi connectivity index (χ3n) is 1.78. The first kappa shape index (κ1) is 9.43. The lowest BCUT2D eigenvalue weighted by Gasteiger charge is -2.31. The van der Waals surface area contributed by atoms with E-state index in [0.717, 1.165) is 0 Å². The first-order chi connectivity index (χ1) is 4.34. The van der Waals surface area contributed by atoms with Gasteiger partial charge in [0.1, 0.15) is 0 Å². The standard InChI is InChI=1S/C7H15NO2/c1-6(5-7(9)10)8(2,3)4/h6H,5H2,1-4H3. The fraction of sp³-hybridized carbons (Fsp3) is 0.857. The van der Waals surface area contributed by atoms with E-state index in [4.69, 9.17) is 0 Å². The molecule has 0 rings (SSSR count). The van der Waals surface area contributed by atoms with Crippen LogP contribution < -0.4 is 5.11 Å². The summed E-state index contributed by atoms with van der Waals surface area (Å²) in [6.07, 6.45) is 0.128. The second kappa shape index (κ2) is 3.01. The molecule has 0 aliphatic heterocycles. The lowest BCUT2D eigenvalue weighted by atomic mass is 10.2. The summed E-state index contributed by atoms with van der Waals surface area (Å²) in [5.41, 5.74) is 0. The van der Waals surface area contributed by atoms with E-state index in [2.05, 4.69) is 0 Å². The average Bonchev–Trinajstić information content (AvgIpc) is 1.60. The molecule has 0 aromatic rings. The molecule has 0 fully saturated rings. The molecule has 0 aromatic carbocycles. The van der Waals surface area contributed by atoms with Gasteiger partial charge >= 0.3 is 0 Å². The van der Waals surface area contributed by atoms with Crippen LogP contribution >= 0.6 is 0 Å². The summed E-state index contributed by atoms with van der Waals surface area (Å²) in [5, 5.41) is 10.1. The lowest BCUT2D eigenvalue weighted by Crippen LogP contribution is -2.46. The van der Waals surface area contributed by atoms with Crippen molar-refractivity contribution in [1.82, 2.24) is 0 Å². The summed E-state index contributed by atoms with van der Waals surface area (Å²) >= 11 is 0. The Labute approximate surface area is 61.9 Å². The molecule has 0 heterocycles. The van der Waals surface area contributed by atoms with Gasteiger partial charge in [-0.3, -0.25) is 0 Å². The van der Waals surface area contributed by atoms with Crippen molar-refractivity contribution in [1.29, 1.82) is 0 Å². The van der Waals surface area contributed by atoms with Crippen molar-refractivity contribution in [3.05, 3.63) is 0 Å². The van der Waals surface area contributed by atoms with Crippen molar-refractivity contribution in [2.45, 2.75) is 19.4 Å². The molecule has 1 unspecified atom stereocenters. The van der Waals surface area contributed by atoms with Crippen LogP contribution in [0.1, 0.15) is 13.3 Å². The van der Waals surface area contributed by atoms with Crippen molar-refractivity contribution in [3.63, 3.8) is 0 Å². The Morgan fingerprint density at radius 1 is 1.50 bits per heavy atom. The number of carboxylic acids is 1. The van der Waals surface area contributed by atoms with Crippen molar-refractivity contribution >= 4 is 5.97 Å². The first-order valence-electron chi connectivity index (χ1n) is 3.35. The quantitative estimate of drug-likeness (QED) is 0.489. The maximum absolute atomic E-state index is 10.1. The van der Waals surface area contributed by atoms with E-state index in [1.165, 1.54) is 0 Å². The molecule has 0 bridgehead atoms. The zero-order valence-corrected chi connectivity index (χ0v) is 7.05. The molecule has 0 radical (unpaired) electrons. The number of aliphatic carboxylic acids is 1. The van der Waals surface area contributed by atoms with Crippen LogP contribution in [0.15, 0.2) is 0 Å². The smallest absolute Gasteiger partial charge is 0.0908 e. The van der Waals surface area contributed by atoms with E-state index in [1.54, 1.807) is 0 Å². The molecular weight excluding hydrogens is 130 g/mol. The normalized spacial score (nSPS) is 14.8. The third kappa shape index (κ3) is 3.45. The number of rotatable bonds is 3. The molecule has 60 valence electrons. The topological polar surface area (TPSA) is 40.1 Å². The monoisotopic (exact) mass is 145 g/mol. The maximum atomic E-state index is 10.1. The van der Waals surface area contributed by atoms with Crippen LogP contribution in [0, 0.1) is 0 Å². The lowest BCUT2D eigenvalue weighted by molar-refractivity contribution is -0.893. The predicted molar refractivity (Wildman–Crippen MR) is 37.1 cm³/mol. The number of hydrogen-bond acceptors (Lipinski definition) is 2. The van der Waals surface area contributed by atoms with E-state index < -0.39 is 5.97 Å². The molecule has 0 spiro atoms. The highest BCUT2D eigenvalue weighted by molar-refractivity contribution is 5.64. The van der Waals surface area contributed by atoms with Crippen LogP contribution in [0.4, 0.5) is 0 Å². The number of carboxylic acid groups (broad SMARTS) is 1. The van der Waals surface area contributed by atoms with Crippen LogP contribution in [0.5, 0.6) is 0 Å². The number of nitrogens with zero attached hydrogens (tertiary/aromatic N) is 1. The first-order valence-corrected chi connectivity index (χ1v) is 3.35. The van der Waals surface area contributed by atoms with Gasteiger partial charge in [-0.1, -0.05) is 0 Å². The summed E-state index contributed by atoms with van der Waals surface area (Å²) in [7, 11) is 5.90. The summed E-state index contributed by atoms with van der Waals surface area (Å²) in [4.78, 5) is 10.1. The molecule has 0 saturated carbocycles. The minimum Gasteiger partial charge on any atom is -0.550 e. The highest BCUT2D eigenvalue weighted by atomic mass is 16.4. The van der Waals surface area contributed by atoms with Crippen molar-refractivity contribution in [3.8, 4) is 0 Å². The van der Waals surface area contributed by atoms with Gasteiger partial charge in [0, 0.05) is 12.4 Å². The molecule has 0 aliphatic carbocycles. The van der Waals surface area contributed by atoms with Crippen LogP contribution in [-0.2, 0) is 4.79 Å². The minimum atomic E-state index is -0.972. The Morgan fingerprint density at radius 2 is 1.90 bits per heavy atom. The minimum absolute atomic E-state index is 0.116. The fourth-order valence-electron chi connectivity index (χ4n) is 0.515. The summed E-state index contributed by atoms with van der Waals surface area (Å²) in [6, 6.07) is 0.116. The number of hydrogen-bond donors (Lipinski definition) is 0. The van der Waals surface area contributed by atoms with E-state index in [1.807, 2.05) is 28.1 Å². The number of carbonyl (C=O) groups excluding carboxylic acids is 1. The highest BCUT2D eigenvalue weighted by Crippen LogP contribution is 2.04. The Bertz CT molecular complexity index is 126. The molecule has 3 heteroatoms. The molecule has 0 saturated heterocycles. The molecule has 0 N–H and O–H groups in total. The maximum Gasteiger partial charge on any atom is 0.0908 e. The second-order valence-corrected chi connectivity index (χ2v) is 3.54. The van der Waals surface area contributed by atoms with Crippen LogP contribution in [-0.4, -0.2) is 37.6 Å². The zero-order valence-electron chi connectivity index (χ0n) is 7.05. The number of quaternary nitrogens is 1. The highest BCUT2D eigenvalue weighted by Gasteiger charge is 2.17.